The summed E-state index contributed by atoms with van der Waals surface area (Å²) in [4.78, 5) is 35.4. The van der Waals surface area contributed by atoms with E-state index >= 15 is 0 Å². The number of piperidine rings is 1. The molecule has 6 nitrogen and oxygen atoms in total. The van der Waals surface area contributed by atoms with E-state index in [1.165, 1.54) is 18.2 Å². The minimum Gasteiger partial charge on any atom is -0.353 e. The number of nitrogens with one attached hydrogen (secondary N) is 1. The Labute approximate surface area is 158 Å². The molecular weight excluding hydrogens is 348 g/mol. The molecule has 26 heavy (non-hydrogen) atoms. The standard InChI is InChI=1S/C19H28N4O2S/c1-5-14-8-6-7-9-22(14)16(24)11-26-19-21-15-10-13(4)20-17(15)18(25)23(19)12(2)3/h10,12,14,20H,5-9,11H2,1-4H3/t14-/m0/s1. The zero-order valence-corrected chi connectivity index (χ0v) is 16.9. The van der Waals surface area contributed by atoms with Crippen molar-refractivity contribution in [2.24, 2.45) is 0 Å². The summed E-state index contributed by atoms with van der Waals surface area (Å²) in [7, 11) is 0. The van der Waals surface area contributed by atoms with E-state index in [4.69, 9.17) is 0 Å². The molecule has 0 aromatic carbocycles. The summed E-state index contributed by atoms with van der Waals surface area (Å²) in [5.74, 6) is 0.473. The van der Waals surface area contributed by atoms with E-state index in [1.54, 1.807) is 4.57 Å². The molecule has 0 aliphatic carbocycles. The highest BCUT2D eigenvalue weighted by molar-refractivity contribution is 7.99. The Bertz CT molecular complexity index is 855. The summed E-state index contributed by atoms with van der Waals surface area (Å²) in [5.41, 5.74) is 2.05. The molecule has 0 unspecified atom stereocenters. The van der Waals surface area contributed by atoms with Crippen molar-refractivity contribution in [2.75, 3.05) is 12.3 Å². The summed E-state index contributed by atoms with van der Waals surface area (Å²) >= 11 is 1.37. The molecule has 0 saturated carbocycles. The average molecular weight is 377 g/mol. The predicted molar refractivity (Wildman–Crippen MR) is 106 cm³/mol. The molecular formula is C19H28N4O2S. The molecule has 142 valence electrons. The van der Waals surface area contributed by atoms with Gasteiger partial charge in [-0.05, 0) is 52.5 Å². The summed E-state index contributed by atoms with van der Waals surface area (Å²) in [6.07, 6.45) is 4.38. The highest BCUT2D eigenvalue weighted by atomic mass is 32.2. The second kappa shape index (κ2) is 7.86. The molecule has 7 heteroatoms. The van der Waals surface area contributed by atoms with Crippen LogP contribution in [0.25, 0.3) is 11.0 Å². The van der Waals surface area contributed by atoms with Gasteiger partial charge in [0.15, 0.2) is 5.16 Å². The van der Waals surface area contributed by atoms with Gasteiger partial charge in [-0.15, -0.1) is 0 Å². The average Bonchev–Trinajstić information content (AvgIpc) is 3.00. The second-order valence-corrected chi connectivity index (χ2v) is 8.25. The van der Waals surface area contributed by atoms with Crippen LogP contribution in [0.4, 0.5) is 0 Å². The summed E-state index contributed by atoms with van der Waals surface area (Å²) in [6.45, 7) is 8.84. The lowest BCUT2D eigenvalue weighted by atomic mass is 10.0. The topological polar surface area (TPSA) is 71.0 Å². The zero-order valence-electron chi connectivity index (χ0n) is 16.0. The number of hydrogen-bond acceptors (Lipinski definition) is 4. The number of H-pyrrole nitrogens is 1. The smallest absolute Gasteiger partial charge is 0.278 e. The van der Waals surface area contributed by atoms with Gasteiger partial charge >= 0.3 is 0 Å². The number of rotatable bonds is 5. The largest absolute Gasteiger partial charge is 0.353 e. The summed E-state index contributed by atoms with van der Waals surface area (Å²) in [6, 6.07) is 2.22. The summed E-state index contributed by atoms with van der Waals surface area (Å²) < 4.78 is 1.68. The molecule has 1 atom stereocenters. The molecule has 1 amide bonds. The SMILES string of the molecule is CC[C@H]1CCCCN1C(=O)CSc1nc2cc(C)[nH]c2c(=O)n1C(C)C. The van der Waals surface area contributed by atoms with Crippen molar-refractivity contribution >= 4 is 28.7 Å². The quantitative estimate of drug-likeness (QED) is 0.640. The number of aromatic amines is 1. The van der Waals surface area contributed by atoms with Gasteiger partial charge in [0.25, 0.3) is 5.56 Å². The number of aryl methyl sites for hydroxylation is 1. The number of nitrogens with zero attached hydrogens (tertiary/aromatic N) is 3. The van der Waals surface area contributed by atoms with Crippen molar-refractivity contribution in [1.82, 2.24) is 19.4 Å². The predicted octanol–water partition coefficient (Wildman–Crippen LogP) is 3.50. The first-order valence-electron chi connectivity index (χ1n) is 9.46. The van der Waals surface area contributed by atoms with Crippen LogP contribution in [0.3, 0.4) is 0 Å². The fraction of sp³-hybridized carbons (Fsp3) is 0.632. The van der Waals surface area contributed by atoms with Gasteiger partial charge in [-0.25, -0.2) is 4.98 Å². The van der Waals surface area contributed by atoms with Crippen LogP contribution in [0.15, 0.2) is 16.0 Å². The molecule has 2 aromatic rings. The van der Waals surface area contributed by atoms with Gasteiger partial charge in [0.1, 0.15) is 5.52 Å². The van der Waals surface area contributed by atoms with Gasteiger partial charge in [0.05, 0.1) is 11.3 Å². The molecule has 3 heterocycles. The number of carbonyl (C=O) groups excluding carboxylic acids is 1. The number of aromatic nitrogens is 3. The monoisotopic (exact) mass is 376 g/mol. The van der Waals surface area contributed by atoms with Crippen molar-refractivity contribution in [3.05, 3.63) is 22.1 Å². The third-order valence-electron chi connectivity index (χ3n) is 5.05. The van der Waals surface area contributed by atoms with Crippen LogP contribution in [-0.4, -0.2) is 43.7 Å². The third-order valence-corrected chi connectivity index (χ3v) is 5.98. The number of likely N-dealkylation sites (tertiary alicyclic amines) is 1. The van der Waals surface area contributed by atoms with Gasteiger partial charge < -0.3 is 9.88 Å². The van der Waals surface area contributed by atoms with E-state index in [2.05, 4.69) is 16.9 Å². The van der Waals surface area contributed by atoms with Crippen molar-refractivity contribution < 1.29 is 4.79 Å². The van der Waals surface area contributed by atoms with Crippen LogP contribution < -0.4 is 5.56 Å². The molecule has 0 spiro atoms. The lowest BCUT2D eigenvalue weighted by Crippen LogP contribution is -2.44. The molecule has 1 N–H and O–H groups in total. The van der Waals surface area contributed by atoms with E-state index in [0.717, 1.165) is 31.5 Å². The lowest BCUT2D eigenvalue weighted by Gasteiger charge is -2.35. The molecule has 3 rings (SSSR count). The van der Waals surface area contributed by atoms with Crippen molar-refractivity contribution in [3.8, 4) is 0 Å². The third kappa shape index (κ3) is 3.68. The molecule has 0 bridgehead atoms. The van der Waals surface area contributed by atoms with E-state index in [-0.39, 0.29) is 17.5 Å². The van der Waals surface area contributed by atoms with Crippen molar-refractivity contribution in [1.29, 1.82) is 0 Å². The first-order valence-corrected chi connectivity index (χ1v) is 10.4. The highest BCUT2D eigenvalue weighted by Crippen LogP contribution is 2.24. The summed E-state index contributed by atoms with van der Waals surface area (Å²) in [5, 5.41) is 0.620. The minimum atomic E-state index is -0.0718. The van der Waals surface area contributed by atoms with Crippen LogP contribution in [0.2, 0.25) is 0 Å². The molecule has 2 aromatic heterocycles. The zero-order chi connectivity index (χ0) is 18.8. The highest BCUT2D eigenvalue weighted by Gasteiger charge is 2.26. The normalized spacial score (nSPS) is 18.0. The molecule has 0 radical (unpaired) electrons. The van der Waals surface area contributed by atoms with Gasteiger partial charge in [-0.1, -0.05) is 18.7 Å². The Hall–Kier alpha value is -1.76. The van der Waals surface area contributed by atoms with Gasteiger partial charge in [0, 0.05) is 24.3 Å². The maximum absolute atomic E-state index is 12.8. The number of fused-ring (bicyclic) bond motifs is 1. The first kappa shape index (κ1) is 19.0. The fourth-order valence-electron chi connectivity index (χ4n) is 3.71. The van der Waals surface area contributed by atoms with Crippen LogP contribution >= 0.6 is 11.8 Å². The molecule has 1 saturated heterocycles. The first-order chi connectivity index (χ1) is 12.4. The Balaban J connectivity index is 1.85. The van der Waals surface area contributed by atoms with Gasteiger partial charge in [-0.3, -0.25) is 14.2 Å². The van der Waals surface area contributed by atoms with Crippen LogP contribution in [0.5, 0.6) is 0 Å². The molecule has 1 aliphatic rings. The van der Waals surface area contributed by atoms with Crippen LogP contribution in [-0.2, 0) is 4.79 Å². The lowest BCUT2D eigenvalue weighted by molar-refractivity contribution is -0.132. The number of amides is 1. The van der Waals surface area contributed by atoms with E-state index in [9.17, 15) is 9.59 Å². The van der Waals surface area contributed by atoms with Crippen molar-refractivity contribution in [3.63, 3.8) is 0 Å². The second-order valence-electron chi connectivity index (χ2n) is 7.31. The number of carbonyl (C=O) groups is 1. The maximum Gasteiger partial charge on any atom is 0.278 e. The van der Waals surface area contributed by atoms with Gasteiger partial charge in [0.2, 0.25) is 5.91 Å². The van der Waals surface area contributed by atoms with Crippen LogP contribution in [0.1, 0.15) is 58.2 Å². The minimum absolute atomic E-state index is 0.0148. The van der Waals surface area contributed by atoms with E-state index < -0.39 is 0 Å². The Morgan fingerprint density at radius 1 is 1.42 bits per heavy atom. The number of thioether (sulfide) groups is 1. The van der Waals surface area contributed by atoms with E-state index in [1.807, 2.05) is 31.7 Å². The van der Waals surface area contributed by atoms with Gasteiger partial charge in [-0.2, -0.15) is 0 Å². The maximum atomic E-state index is 12.8. The number of hydrogen-bond donors (Lipinski definition) is 1. The fourth-order valence-corrected chi connectivity index (χ4v) is 4.72. The molecule has 1 fully saturated rings. The van der Waals surface area contributed by atoms with Crippen molar-refractivity contribution in [2.45, 2.75) is 70.6 Å². The van der Waals surface area contributed by atoms with Crippen LogP contribution in [0, 0.1) is 6.92 Å². The Morgan fingerprint density at radius 2 is 2.19 bits per heavy atom. The Morgan fingerprint density at radius 3 is 2.88 bits per heavy atom. The van der Waals surface area contributed by atoms with E-state index in [0.29, 0.717) is 28.0 Å². The molecule has 1 aliphatic heterocycles. The Kier molecular flexibility index (Phi) is 5.75.